The summed E-state index contributed by atoms with van der Waals surface area (Å²) in [6.07, 6.45) is 1.43. The van der Waals surface area contributed by atoms with Gasteiger partial charge >= 0.3 is 29.0 Å². The molecule has 0 unspecified atom stereocenters. The Balaban J connectivity index is 0. The van der Waals surface area contributed by atoms with Crippen LogP contribution in [0.1, 0.15) is 34.6 Å². The van der Waals surface area contributed by atoms with Crippen molar-refractivity contribution in [2.24, 2.45) is 0 Å². The third kappa shape index (κ3) is 12.2. The van der Waals surface area contributed by atoms with Crippen LogP contribution in [0.5, 0.6) is 11.5 Å². The Bertz CT molecular complexity index is 1050. The molecular weight excluding hydrogens is 552 g/mol. The molecule has 2 rings (SSSR count). The number of hydrogen-bond donors (Lipinski definition) is 0. The molecule has 1 radical (unpaired) electrons. The second-order valence-corrected chi connectivity index (χ2v) is 6.65. The quantitative estimate of drug-likeness (QED) is 0.126. The third-order valence-corrected chi connectivity index (χ3v) is 4.19. The Morgan fingerprint density at radius 2 is 1.05 bits per heavy atom. The molecule has 0 aliphatic rings. The van der Waals surface area contributed by atoms with Crippen LogP contribution in [0.3, 0.4) is 0 Å². The summed E-state index contributed by atoms with van der Waals surface area (Å²) >= 11 is 0. The summed E-state index contributed by atoms with van der Waals surface area (Å²) in [5.41, 5.74) is 0.541. The molecule has 0 saturated heterocycles. The van der Waals surface area contributed by atoms with Crippen LogP contribution < -0.4 is 19.7 Å². The van der Waals surface area contributed by atoms with Crippen molar-refractivity contribution >= 4 is 23.5 Å². The molecule has 209 valence electrons. The Labute approximate surface area is 230 Å². The fourth-order valence-electron chi connectivity index (χ4n) is 2.48. The van der Waals surface area contributed by atoms with Crippen LogP contribution in [0.4, 0.5) is 0 Å². The molecule has 0 aliphatic heterocycles. The maximum absolute atomic E-state index is 11.7. The van der Waals surface area contributed by atoms with E-state index in [-0.39, 0.29) is 46.9 Å². The first-order valence-electron chi connectivity index (χ1n) is 10.6. The van der Waals surface area contributed by atoms with Gasteiger partial charge in [0.1, 0.15) is 11.5 Å². The molecule has 0 aromatic heterocycles. The van der Waals surface area contributed by atoms with Gasteiger partial charge in [-0.25, -0.2) is 9.59 Å². The fourth-order valence-corrected chi connectivity index (χ4v) is 2.48. The van der Waals surface area contributed by atoms with Gasteiger partial charge in [-0.1, -0.05) is 24.3 Å². The molecule has 0 spiro atoms. The average molecular weight is 580 g/mol. The summed E-state index contributed by atoms with van der Waals surface area (Å²) in [6, 6.07) is 12.6. The summed E-state index contributed by atoms with van der Waals surface area (Å²) in [7, 11) is 2.94. The molecule has 0 atom stereocenters. The second kappa shape index (κ2) is 19.1. The van der Waals surface area contributed by atoms with Crippen LogP contribution in [0.15, 0.2) is 72.2 Å². The first-order valence-corrected chi connectivity index (χ1v) is 10.6. The van der Waals surface area contributed by atoms with Gasteiger partial charge in [-0.3, -0.25) is 9.59 Å². The minimum atomic E-state index is -1.03. The molecule has 0 fully saturated rings. The molecule has 0 saturated carbocycles. The van der Waals surface area contributed by atoms with Gasteiger partial charge < -0.3 is 34.6 Å². The summed E-state index contributed by atoms with van der Waals surface area (Å²) in [6.45, 7) is 3.33. The monoisotopic (exact) mass is 579 g/mol. The third-order valence-electron chi connectivity index (χ3n) is 4.19. The van der Waals surface area contributed by atoms with Gasteiger partial charge in [0.25, 0.3) is 0 Å². The predicted octanol–water partition coefficient (Wildman–Crippen LogP) is 0.543. The van der Waals surface area contributed by atoms with Crippen molar-refractivity contribution in [1.82, 2.24) is 0 Å². The molecule has 12 heteroatoms. The normalized spacial score (nSPS) is 10.3. The molecule has 0 heterocycles. The van der Waals surface area contributed by atoms with E-state index in [0.717, 1.165) is 0 Å². The van der Waals surface area contributed by atoms with Crippen molar-refractivity contribution in [2.75, 3.05) is 27.4 Å². The molecule has 0 bridgehead atoms. The number of rotatable bonds is 10. The van der Waals surface area contributed by atoms with Crippen LogP contribution in [0.25, 0.3) is 0 Å². The molecule has 2 aromatic rings. The van der Waals surface area contributed by atoms with Gasteiger partial charge in [-0.05, 0) is 61.8 Å². The van der Waals surface area contributed by atoms with Crippen molar-refractivity contribution in [3.05, 3.63) is 83.3 Å². The topological polar surface area (TPSA) is 183 Å². The molecule has 2 aromatic carbocycles. The second-order valence-electron chi connectivity index (χ2n) is 6.65. The van der Waals surface area contributed by atoms with Gasteiger partial charge in [-0.2, -0.15) is 0 Å². The standard InChI is InChI=1S/2C13H14O5.Cu.H2O/c2*1-3-18-13(16)12(15)8-11(14)9-5-4-6-10(7-9)17-2;;/h2*4-8,15H,3H2,1-2H3;;1H2/q;;+2;/p-2/b2*12-8-;;. The van der Waals surface area contributed by atoms with Crippen LogP contribution >= 0.6 is 0 Å². The number of esters is 2. The molecular formula is C26H28CuO11. The Morgan fingerprint density at radius 1 is 0.711 bits per heavy atom. The van der Waals surface area contributed by atoms with Crippen molar-refractivity contribution in [1.29, 1.82) is 0 Å². The number of hydrogen-bond acceptors (Lipinski definition) is 10. The Kier molecular flexibility index (Phi) is 18.1. The summed E-state index contributed by atoms with van der Waals surface area (Å²) in [5.74, 6) is -4.13. The predicted molar refractivity (Wildman–Crippen MR) is 128 cm³/mol. The zero-order valence-electron chi connectivity index (χ0n) is 21.1. The molecule has 11 nitrogen and oxygen atoms in total. The number of benzene rings is 2. The van der Waals surface area contributed by atoms with Crippen LogP contribution in [0.2, 0.25) is 0 Å². The SMILES string of the molecule is CCOC(=O)/C([O-])=C/C(=O)c1cccc(OC)c1.CCOC(=O)/C([O-])=C/C(=O)c1cccc(OC)c1.O.[Cu+2]. The van der Waals surface area contributed by atoms with E-state index in [4.69, 9.17) is 9.47 Å². The number of methoxy groups -OCH3 is 2. The average Bonchev–Trinajstić information content (AvgIpc) is 2.89. The van der Waals surface area contributed by atoms with Crippen molar-refractivity contribution < 1.29 is 70.9 Å². The first-order chi connectivity index (χ1) is 17.2. The largest absolute Gasteiger partial charge is 2.00 e. The summed E-state index contributed by atoms with van der Waals surface area (Å²) in [4.78, 5) is 45.5. The van der Waals surface area contributed by atoms with Crippen LogP contribution in [-0.2, 0) is 36.1 Å². The van der Waals surface area contributed by atoms with Crippen LogP contribution in [-0.4, -0.2) is 56.4 Å². The molecule has 0 aliphatic carbocycles. The minimum Gasteiger partial charge on any atom is -0.867 e. The summed E-state index contributed by atoms with van der Waals surface area (Å²) in [5, 5.41) is 22.6. The number of ketones is 2. The minimum absolute atomic E-state index is 0. The maximum atomic E-state index is 11.7. The van der Waals surface area contributed by atoms with E-state index in [1.54, 1.807) is 38.1 Å². The van der Waals surface area contributed by atoms with Crippen molar-refractivity contribution in [3.8, 4) is 11.5 Å². The Morgan fingerprint density at radius 3 is 1.34 bits per heavy atom. The van der Waals surface area contributed by atoms with Crippen molar-refractivity contribution in [2.45, 2.75) is 13.8 Å². The first kappa shape index (κ1) is 36.0. The maximum Gasteiger partial charge on any atom is 2.00 e. The van der Waals surface area contributed by atoms with Gasteiger partial charge in [-0.15, -0.1) is 0 Å². The number of carbonyl (C=O) groups is 4. The van der Waals surface area contributed by atoms with E-state index in [1.165, 1.54) is 38.5 Å². The number of allylic oxidation sites excluding steroid dienone is 2. The number of carbonyl (C=O) groups excluding carboxylic acids is 4. The van der Waals surface area contributed by atoms with Gasteiger partial charge in [0.15, 0.2) is 11.6 Å². The van der Waals surface area contributed by atoms with E-state index in [9.17, 15) is 29.4 Å². The van der Waals surface area contributed by atoms with Gasteiger partial charge in [0.05, 0.1) is 27.4 Å². The zero-order valence-corrected chi connectivity index (χ0v) is 22.0. The van der Waals surface area contributed by atoms with E-state index < -0.39 is 35.0 Å². The molecule has 38 heavy (non-hydrogen) atoms. The van der Waals surface area contributed by atoms with E-state index >= 15 is 0 Å². The smallest absolute Gasteiger partial charge is 0.867 e. The zero-order chi connectivity index (χ0) is 27.1. The molecule has 0 amide bonds. The number of ether oxygens (including phenoxy) is 4. The van der Waals surface area contributed by atoms with Crippen molar-refractivity contribution in [3.63, 3.8) is 0 Å². The van der Waals surface area contributed by atoms with Crippen LogP contribution in [0, 0.1) is 0 Å². The van der Waals surface area contributed by atoms with E-state index in [1.807, 2.05) is 0 Å². The van der Waals surface area contributed by atoms with Gasteiger partial charge in [0, 0.05) is 11.1 Å². The summed E-state index contributed by atoms with van der Waals surface area (Å²) < 4.78 is 18.9. The fraction of sp³-hybridized carbons (Fsp3) is 0.231. The van der Waals surface area contributed by atoms with E-state index in [2.05, 4.69) is 9.47 Å². The van der Waals surface area contributed by atoms with E-state index in [0.29, 0.717) is 23.7 Å². The Hall–Kier alpha value is -4.12. The van der Waals surface area contributed by atoms with Gasteiger partial charge in [0.2, 0.25) is 0 Å². The molecule has 2 N–H and O–H groups in total.